The maximum Gasteiger partial charge on any atom is 0.223 e. The minimum absolute atomic E-state index is 0.0665. The lowest BCUT2D eigenvalue weighted by Crippen LogP contribution is -2.19. The number of nitrogens with zero attached hydrogens (tertiary/aromatic N) is 6. The van der Waals surface area contributed by atoms with Crippen LogP contribution >= 0.6 is 0 Å². The van der Waals surface area contributed by atoms with Crippen molar-refractivity contribution in [3.05, 3.63) is 72.8 Å². The molecule has 1 unspecified atom stereocenters. The van der Waals surface area contributed by atoms with Gasteiger partial charge in [-0.2, -0.15) is 5.10 Å². The van der Waals surface area contributed by atoms with Gasteiger partial charge >= 0.3 is 0 Å². The number of nitrogens with one attached hydrogen (secondary N) is 1. The third kappa shape index (κ3) is 3.86. The van der Waals surface area contributed by atoms with Crippen LogP contribution in [0.4, 0.5) is 5.95 Å². The quantitative estimate of drug-likeness (QED) is 0.387. The molecule has 8 heteroatoms. The van der Waals surface area contributed by atoms with E-state index in [2.05, 4.69) is 50.5 Å². The highest BCUT2D eigenvalue weighted by Crippen LogP contribution is 2.31. The molecule has 6 rings (SSSR count). The highest BCUT2D eigenvalue weighted by atomic mass is 16.5. The number of hydrogen-bond donors (Lipinski definition) is 1. The van der Waals surface area contributed by atoms with E-state index in [-0.39, 0.29) is 12.3 Å². The molecule has 0 saturated carbocycles. The molecule has 0 amide bonds. The van der Waals surface area contributed by atoms with Crippen molar-refractivity contribution < 1.29 is 4.74 Å². The summed E-state index contributed by atoms with van der Waals surface area (Å²) in [6, 6.07) is 16.5. The van der Waals surface area contributed by atoms with Crippen LogP contribution < -0.4 is 5.32 Å². The molecule has 1 N–H and O–H groups in total. The molecule has 1 aliphatic rings. The second-order valence-electron chi connectivity index (χ2n) is 8.61. The van der Waals surface area contributed by atoms with Crippen molar-refractivity contribution in [3.63, 3.8) is 0 Å². The fourth-order valence-corrected chi connectivity index (χ4v) is 4.49. The van der Waals surface area contributed by atoms with Gasteiger partial charge in [-0.25, -0.2) is 24.6 Å². The predicted molar refractivity (Wildman–Crippen MR) is 131 cm³/mol. The highest BCUT2D eigenvalue weighted by molar-refractivity contribution is 5.93. The fraction of sp³-hybridized carbons (Fsp3) is 0.269. The molecule has 170 valence electrons. The number of ether oxygens (including phenoxy) is 1. The molecule has 0 aliphatic carbocycles. The summed E-state index contributed by atoms with van der Waals surface area (Å²) in [6.45, 7) is 2.86. The minimum atomic E-state index is -0.0665. The maximum atomic E-state index is 5.92. The molecular weight excluding hydrogens is 426 g/mol. The zero-order chi connectivity index (χ0) is 22.9. The van der Waals surface area contributed by atoms with Gasteiger partial charge in [-0.05, 0) is 43.9 Å². The largest absolute Gasteiger partial charge is 0.356 e. The molecule has 0 radical (unpaired) electrons. The highest BCUT2D eigenvalue weighted by Gasteiger charge is 2.21. The van der Waals surface area contributed by atoms with Crippen molar-refractivity contribution in [2.75, 3.05) is 11.9 Å². The van der Waals surface area contributed by atoms with Gasteiger partial charge in [-0.15, -0.1) is 0 Å². The SMILES string of the molecule is C[C@@H](Nc1ncc2cc(-c3ncnc4c3cnn4C3CCCCO3)ccc2n1)c1ccccc1. The first-order valence-electron chi connectivity index (χ1n) is 11.6. The van der Waals surface area contributed by atoms with Gasteiger partial charge in [0.15, 0.2) is 11.9 Å². The summed E-state index contributed by atoms with van der Waals surface area (Å²) in [4.78, 5) is 18.3. The molecule has 2 atom stereocenters. The van der Waals surface area contributed by atoms with E-state index in [1.165, 1.54) is 5.56 Å². The zero-order valence-corrected chi connectivity index (χ0v) is 18.9. The Labute approximate surface area is 197 Å². The fourth-order valence-electron chi connectivity index (χ4n) is 4.49. The van der Waals surface area contributed by atoms with E-state index in [9.17, 15) is 0 Å². The van der Waals surface area contributed by atoms with Gasteiger partial charge in [0.2, 0.25) is 5.95 Å². The van der Waals surface area contributed by atoms with E-state index in [0.717, 1.165) is 59.1 Å². The summed E-state index contributed by atoms with van der Waals surface area (Å²) in [6.07, 6.45) is 8.39. The second-order valence-corrected chi connectivity index (χ2v) is 8.61. The summed E-state index contributed by atoms with van der Waals surface area (Å²) < 4.78 is 7.80. The zero-order valence-electron chi connectivity index (χ0n) is 18.9. The third-order valence-corrected chi connectivity index (χ3v) is 6.32. The summed E-state index contributed by atoms with van der Waals surface area (Å²) in [7, 11) is 0. The van der Waals surface area contributed by atoms with Crippen LogP contribution in [-0.2, 0) is 4.74 Å². The number of fused-ring (bicyclic) bond motifs is 2. The topological polar surface area (TPSA) is 90.6 Å². The molecular formula is C26H25N7O. The molecule has 4 heterocycles. The van der Waals surface area contributed by atoms with Gasteiger partial charge < -0.3 is 10.1 Å². The molecule has 2 aromatic carbocycles. The lowest BCUT2D eigenvalue weighted by atomic mass is 10.1. The van der Waals surface area contributed by atoms with E-state index in [4.69, 9.17) is 9.72 Å². The van der Waals surface area contributed by atoms with Crippen LogP contribution in [0.1, 0.15) is 44.0 Å². The lowest BCUT2D eigenvalue weighted by molar-refractivity contribution is -0.0370. The van der Waals surface area contributed by atoms with Gasteiger partial charge in [0.25, 0.3) is 0 Å². The number of anilines is 1. The average Bonchev–Trinajstić information content (AvgIpc) is 3.34. The number of aromatic nitrogens is 6. The molecule has 3 aromatic heterocycles. The molecule has 8 nitrogen and oxygen atoms in total. The predicted octanol–water partition coefficient (Wildman–Crippen LogP) is 5.31. The monoisotopic (exact) mass is 451 g/mol. The first-order valence-corrected chi connectivity index (χ1v) is 11.6. The molecule has 1 aliphatic heterocycles. The Bertz CT molecular complexity index is 1440. The molecule has 34 heavy (non-hydrogen) atoms. The minimum Gasteiger partial charge on any atom is -0.356 e. The van der Waals surface area contributed by atoms with Crippen molar-refractivity contribution in [1.29, 1.82) is 0 Å². The van der Waals surface area contributed by atoms with Gasteiger partial charge in [0.1, 0.15) is 6.33 Å². The van der Waals surface area contributed by atoms with Crippen LogP contribution in [0.3, 0.4) is 0 Å². The smallest absolute Gasteiger partial charge is 0.223 e. The Kier molecular flexibility index (Phi) is 5.35. The first kappa shape index (κ1) is 20.7. The normalized spacial score (nSPS) is 17.1. The summed E-state index contributed by atoms with van der Waals surface area (Å²) >= 11 is 0. The van der Waals surface area contributed by atoms with Crippen LogP contribution in [0.5, 0.6) is 0 Å². The Hall–Kier alpha value is -3.91. The van der Waals surface area contributed by atoms with E-state index >= 15 is 0 Å². The Morgan fingerprint density at radius 1 is 1.03 bits per heavy atom. The van der Waals surface area contributed by atoms with E-state index < -0.39 is 0 Å². The molecule has 1 fully saturated rings. The van der Waals surface area contributed by atoms with Gasteiger partial charge in [-0.3, -0.25) is 0 Å². The van der Waals surface area contributed by atoms with E-state index in [1.807, 2.05) is 47.4 Å². The Morgan fingerprint density at radius 3 is 2.79 bits per heavy atom. The van der Waals surface area contributed by atoms with Crippen LogP contribution in [-0.4, -0.2) is 36.3 Å². The Morgan fingerprint density at radius 2 is 1.94 bits per heavy atom. The molecule has 0 bridgehead atoms. The molecule has 1 saturated heterocycles. The van der Waals surface area contributed by atoms with Crippen molar-refractivity contribution in [3.8, 4) is 11.3 Å². The first-order chi connectivity index (χ1) is 16.8. The summed E-state index contributed by atoms with van der Waals surface area (Å²) in [5.74, 6) is 0.606. The van der Waals surface area contributed by atoms with Crippen LogP contribution in [0.15, 0.2) is 67.3 Å². The average molecular weight is 452 g/mol. The van der Waals surface area contributed by atoms with E-state index in [1.54, 1.807) is 6.33 Å². The number of rotatable bonds is 5. The number of hydrogen-bond acceptors (Lipinski definition) is 7. The van der Waals surface area contributed by atoms with Crippen molar-refractivity contribution in [2.24, 2.45) is 0 Å². The molecule has 5 aromatic rings. The number of benzene rings is 2. The lowest BCUT2D eigenvalue weighted by Gasteiger charge is -2.22. The summed E-state index contributed by atoms with van der Waals surface area (Å²) in [5, 5.41) is 9.84. The summed E-state index contributed by atoms with van der Waals surface area (Å²) in [5.41, 5.74) is 4.68. The van der Waals surface area contributed by atoms with Crippen molar-refractivity contribution in [1.82, 2.24) is 29.7 Å². The second kappa shape index (κ2) is 8.79. The standard InChI is InChI=1S/C26H25N7O/c1-17(18-7-3-2-4-8-18)31-26-27-14-20-13-19(10-11-22(20)32-26)24-21-15-30-33(25(21)29-16-28-24)23-9-5-6-12-34-23/h2-4,7-8,10-11,13-17,23H,5-6,9,12H2,1H3,(H,27,31,32)/t17-,23?/m1/s1. The van der Waals surface area contributed by atoms with Gasteiger partial charge in [0, 0.05) is 23.8 Å². The van der Waals surface area contributed by atoms with Gasteiger partial charge in [0.05, 0.1) is 28.8 Å². The van der Waals surface area contributed by atoms with Crippen LogP contribution in [0, 0.1) is 0 Å². The Balaban J connectivity index is 1.30. The van der Waals surface area contributed by atoms with Crippen molar-refractivity contribution >= 4 is 27.9 Å². The third-order valence-electron chi connectivity index (χ3n) is 6.32. The van der Waals surface area contributed by atoms with Crippen LogP contribution in [0.2, 0.25) is 0 Å². The molecule has 0 spiro atoms. The van der Waals surface area contributed by atoms with E-state index in [0.29, 0.717) is 5.95 Å². The maximum absolute atomic E-state index is 5.92. The van der Waals surface area contributed by atoms with Crippen LogP contribution in [0.25, 0.3) is 33.2 Å². The van der Waals surface area contributed by atoms with Crippen molar-refractivity contribution in [2.45, 2.75) is 38.5 Å². The van der Waals surface area contributed by atoms with Gasteiger partial charge in [-0.1, -0.05) is 36.4 Å².